The number of benzene rings is 1. The van der Waals surface area contributed by atoms with Crippen molar-refractivity contribution in [1.29, 1.82) is 0 Å². The molecule has 34 heavy (non-hydrogen) atoms. The maximum Gasteiger partial charge on any atom is 0.349 e. The highest BCUT2D eigenvalue weighted by molar-refractivity contribution is 8.03. The summed E-state index contributed by atoms with van der Waals surface area (Å²) < 4.78 is 17.8. The van der Waals surface area contributed by atoms with Crippen LogP contribution >= 0.6 is 23.1 Å². The van der Waals surface area contributed by atoms with Crippen molar-refractivity contribution in [3.05, 3.63) is 24.3 Å². The molecular weight excluding hydrogens is 488 g/mol. The van der Waals surface area contributed by atoms with Crippen molar-refractivity contribution in [2.24, 2.45) is 0 Å². The predicted octanol–water partition coefficient (Wildman–Crippen LogP) is 0.197. The van der Waals surface area contributed by atoms with Crippen LogP contribution in [-0.4, -0.2) is 87.3 Å². The van der Waals surface area contributed by atoms with Crippen molar-refractivity contribution in [3.8, 4) is 0 Å². The van der Waals surface area contributed by atoms with Gasteiger partial charge >= 0.3 is 11.9 Å². The standard InChI is InChI=1S/C21H26N2O9S2/c1-10(25)22-16-14(31-11(2)26)8-21(19(29)30-3,32-18(16)17(28)13(27)9-24)34-20-23-12-6-4-5-7-15(12)33-20/h4-7,13-14,16-18,24,27-28H,8-9H2,1-3H3,(H,22,25)/t13-,14+,16-,17-,18-,21+/m1/s1. The van der Waals surface area contributed by atoms with Crippen LogP contribution in [0.5, 0.6) is 0 Å². The third-order valence-electron chi connectivity index (χ3n) is 5.18. The van der Waals surface area contributed by atoms with E-state index in [1.807, 2.05) is 18.2 Å². The molecule has 1 aromatic carbocycles. The normalized spacial score (nSPS) is 26.5. The minimum atomic E-state index is -1.85. The van der Waals surface area contributed by atoms with Crippen molar-refractivity contribution in [2.45, 2.75) is 60.0 Å². The number of carbonyl (C=O) groups excluding carboxylic acids is 3. The fraction of sp³-hybridized carbons (Fsp3) is 0.524. The Morgan fingerprint density at radius 2 is 2.03 bits per heavy atom. The van der Waals surface area contributed by atoms with E-state index >= 15 is 0 Å². The van der Waals surface area contributed by atoms with Crippen molar-refractivity contribution < 1.29 is 43.9 Å². The molecule has 11 nitrogen and oxygen atoms in total. The van der Waals surface area contributed by atoms with Crippen LogP contribution in [0, 0.1) is 0 Å². The van der Waals surface area contributed by atoms with E-state index in [0.717, 1.165) is 30.5 Å². The van der Waals surface area contributed by atoms with Gasteiger partial charge in [0.05, 0.1) is 30.0 Å². The highest BCUT2D eigenvalue weighted by atomic mass is 32.2. The van der Waals surface area contributed by atoms with Gasteiger partial charge in [0, 0.05) is 20.3 Å². The summed E-state index contributed by atoms with van der Waals surface area (Å²) in [7, 11) is 1.15. The number of thioether (sulfide) groups is 1. The van der Waals surface area contributed by atoms with E-state index < -0.39 is 59.8 Å². The van der Waals surface area contributed by atoms with Gasteiger partial charge in [-0.2, -0.15) is 0 Å². The number of nitrogens with one attached hydrogen (secondary N) is 1. The first-order chi connectivity index (χ1) is 16.1. The maximum absolute atomic E-state index is 13.1. The van der Waals surface area contributed by atoms with Crippen molar-refractivity contribution in [3.63, 3.8) is 0 Å². The van der Waals surface area contributed by atoms with Crippen LogP contribution in [0.2, 0.25) is 0 Å². The highest BCUT2D eigenvalue weighted by Gasteiger charge is 2.57. The molecule has 0 unspecified atom stereocenters. The molecule has 1 aliphatic heterocycles. The first-order valence-corrected chi connectivity index (χ1v) is 12.0. The SMILES string of the molecule is COC(=O)[C@@]1(Sc2nc3ccccc3s2)C[C@H](OC(C)=O)[C@@H](NC(C)=O)[C@H]([C@H](O)[C@H](O)CO)O1. The summed E-state index contributed by atoms with van der Waals surface area (Å²) in [5, 5.41) is 32.8. The van der Waals surface area contributed by atoms with Gasteiger partial charge < -0.3 is 34.8 Å². The number of aromatic nitrogens is 1. The van der Waals surface area contributed by atoms with Crippen molar-refractivity contribution in [2.75, 3.05) is 13.7 Å². The molecule has 0 aliphatic carbocycles. The Bertz CT molecular complexity index is 1020. The summed E-state index contributed by atoms with van der Waals surface area (Å²) in [5.41, 5.74) is 0.700. The number of rotatable bonds is 8. The number of amides is 1. The third-order valence-corrected chi connectivity index (χ3v) is 7.54. The molecule has 1 amide bonds. The molecule has 1 aliphatic rings. The van der Waals surface area contributed by atoms with Crippen LogP contribution in [0.15, 0.2) is 28.6 Å². The fourth-order valence-corrected chi connectivity index (χ4v) is 6.26. The molecule has 3 rings (SSSR count). The third kappa shape index (κ3) is 5.67. The van der Waals surface area contributed by atoms with Crippen LogP contribution in [0.4, 0.5) is 0 Å². The number of thiazole rings is 1. The van der Waals surface area contributed by atoms with Gasteiger partial charge in [-0.3, -0.25) is 9.59 Å². The van der Waals surface area contributed by atoms with E-state index in [9.17, 15) is 29.7 Å². The molecule has 2 aromatic rings. The molecule has 0 radical (unpaired) electrons. The number of hydrogen-bond acceptors (Lipinski definition) is 12. The molecule has 6 atom stereocenters. The predicted molar refractivity (Wildman–Crippen MR) is 122 cm³/mol. The molecule has 186 valence electrons. The minimum absolute atomic E-state index is 0.247. The Labute approximate surface area is 203 Å². The Hall–Kier alpha value is -2.29. The average Bonchev–Trinajstić information content (AvgIpc) is 3.20. The summed E-state index contributed by atoms with van der Waals surface area (Å²) >= 11 is 2.21. The fourth-order valence-electron chi connectivity index (χ4n) is 3.72. The smallest absolute Gasteiger partial charge is 0.349 e. The number of carbonyl (C=O) groups is 3. The number of aliphatic hydroxyl groups excluding tert-OH is 3. The second kappa shape index (κ2) is 11.0. The van der Waals surface area contributed by atoms with Crippen LogP contribution in [0.25, 0.3) is 10.2 Å². The van der Waals surface area contributed by atoms with Crippen LogP contribution in [0.1, 0.15) is 20.3 Å². The van der Waals surface area contributed by atoms with Gasteiger partial charge in [-0.05, 0) is 23.9 Å². The summed E-state index contributed by atoms with van der Waals surface area (Å²) in [4.78, 5) is 39.5. The van der Waals surface area contributed by atoms with Crippen LogP contribution in [0.3, 0.4) is 0 Å². The summed E-state index contributed by atoms with van der Waals surface area (Å²) in [6.07, 6.45) is -6.25. The number of hydrogen-bond donors (Lipinski definition) is 4. The zero-order chi connectivity index (χ0) is 25.0. The number of aliphatic hydroxyl groups is 3. The van der Waals surface area contributed by atoms with Gasteiger partial charge in [0.25, 0.3) is 0 Å². The quantitative estimate of drug-likeness (QED) is 0.356. The molecular formula is C21H26N2O9S2. The van der Waals surface area contributed by atoms with E-state index in [1.165, 1.54) is 18.3 Å². The van der Waals surface area contributed by atoms with Crippen molar-refractivity contribution in [1.82, 2.24) is 10.3 Å². The van der Waals surface area contributed by atoms with Gasteiger partial charge in [-0.15, -0.1) is 11.3 Å². The number of ether oxygens (including phenoxy) is 3. The Kier molecular flexibility index (Phi) is 8.49. The van der Waals surface area contributed by atoms with Crippen LogP contribution in [-0.2, 0) is 28.6 Å². The molecule has 13 heteroatoms. The number of para-hydroxylation sites is 1. The average molecular weight is 515 g/mol. The monoisotopic (exact) mass is 514 g/mol. The topological polar surface area (TPSA) is 165 Å². The number of nitrogens with zero attached hydrogens (tertiary/aromatic N) is 1. The van der Waals surface area contributed by atoms with Gasteiger partial charge in [0.2, 0.25) is 10.8 Å². The Morgan fingerprint density at radius 1 is 1.32 bits per heavy atom. The van der Waals surface area contributed by atoms with E-state index in [-0.39, 0.29) is 6.42 Å². The Morgan fingerprint density at radius 3 is 2.62 bits per heavy atom. The molecule has 1 fully saturated rings. The lowest BCUT2D eigenvalue weighted by molar-refractivity contribution is -0.212. The largest absolute Gasteiger partial charge is 0.466 e. The van der Waals surface area contributed by atoms with E-state index in [2.05, 4.69) is 10.3 Å². The first-order valence-electron chi connectivity index (χ1n) is 10.3. The van der Waals surface area contributed by atoms with E-state index in [1.54, 1.807) is 6.07 Å². The van der Waals surface area contributed by atoms with E-state index in [0.29, 0.717) is 9.86 Å². The number of fused-ring (bicyclic) bond motifs is 1. The van der Waals surface area contributed by atoms with Gasteiger partial charge in [0.15, 0.2) is 4.34 Å². The molecule has 0 bridgehead atoms. The summed E-state index contributed by atoms with van der Waals surface area (Å²) in [6, 6.07) is 6.20. The van der Waals surface area contributed by atoms with E-state index in [4.69, 9.17) is 14.2 Å². The Balaban J connectivity index is 2.08. The second-order valence-electron chi connectivity index (χ2n) is 7.70. The lowest BCUT2D eigenvalue weighted by Crippen LogP contribution is -2.67. The zero-order valence-corrected chi connectivity index (χ0v) is 20.3. The number of esters is 2. The minimum Gasteiger partial charge on any atom is -0.466 e. The van der Waals surface area contributed by atoms with Gasteiger partial charge in [0.1, 0.15) is 24.4 Å². The maximum atomic E-state index is 13.1. The molecule has 1 aromatic heterocycles. The number of methoxy groups -OCH3 is 1. The van der Waals surface area contributed by atoms with Gasteiger partial charge in [-0.1, -0.05) is 12.1 Å². The first kappa shape index (κ1) is 26.3. The van der Waals surface area contributed by atoms with Gasteiger partial charge in [-0.25, -0.2) is 9.78 Å². The zero-order valence-electron chi connectivity index (χ0n) is 18.7. The lowest BCUT2D eigenvalue weighted by Gasteiger charge is -2.47. The molecule has 2 heterocycles. The van der Waals surface area contributed by atoms with Crippen molar-refractivity contribution >= 4 is 51.2 Å². The molecule has 0 saturated carbocycles. The molecule has 0 spiro atoms. The second-order valence-corrected chi connectivity index (χ2v) is 10.2. The molecule has 4 N–H and O–H groups in total. The molecule has 1 saturated heterocycles. The summed E-state index contributed by atoms with van der Waals surface area (Å²) in [6.45, 7) is 1.56. The lowest BCUT2D eigenvalue weighted by atomic mass is 9.89. The summed E-state index contributed by atoms with van der Waals surface area (Å²) in [5.74, 6) is -2.06. The highest BCUT2D eigenvalue weighted by Crippen LogP contribution is 2.47. The van der Waals surface area contributed by atoms with Crippen LogP contribution < -0.4 is 5.32 Å².